The molecule has 1 aliphatic carbocycles. The molecule has 1 fully saturated rings. The summed E-state index contributed by atoms with van der Waals surface area (Å²) < 4.78 is 13.2. The fourth-order valence-corrected chi connectivity index (χ4v) is 4.81. The summed E-state index contributed by atoms with van der Waals surface area (Å²) in [6, 6.07) is 12.0. The van der Waals surface area contributed by atoms with E-state index in [0.717, 1.165) is 65.2 Å². The Labute approximate surface area is 194 Å². The summed E-state index contributed by atoms with van der Waals surface area (Å²) in [6.45, 7) is 4.33. The van der Waals surface area contributed by atoms with Gasteiger partial charge in [0.2, 0.25) is 0 Å². The van der Waals surface area contributed by atoms with Crippen molar-refractivity contribution in [3.63, 3.8) is 0 Å². The number of methoxy groups -OCH3 is 1. The zero-order valence-corrected chi connectivity index (χ0v) is 19.3. The number of nitrogens with zero attached hydrogens (tertiary/aromatic N) is 4. The van der Waals surface area contributed by atoms with E-state index >= 15 is 0 Å². The second kappa shape index (κ2) is 9.35. The van der Waals surface area contributed by atoms with Gasteiger partial charge in [0.25, 0.3) is 5.91 Å². The van der Waals surface area contributed by atoms with E-state index in [1.54, 1.807) is 7.11 Å². The van der Waals surface area contributed by atoms with Gasteiger partial charge >= 0.3 is 0 Å². The molecule has 0 spiro atoms. The fourth-order valence-electron chi connectivity index (χ4n) is 4.81. The molecule has 1 aromatic carbocycles. The van der Waals surface area contributed by atoms with Gasteiger partial charge in [-0.25, -0.2) is 0 Å². The van der Waals surface area contributed by atoms with Crippen LogP contribution in [0.15, 0.2) is 42.6 Å². The Balaban J connectivity index is 1.34. The standard InChI is InChI=1S/C26H30N4O3/c1-3-30-25(21-9-4-5-10-22(21)28-30)26(31)29-13-14-33-24(17-29)23-12-11-19(16-27-23)18-7-6-8-20(15-18)32-2/h6-8,11-12,15-16,24H,3-5,9-10,13-14,17H2,1-2H3/t24-/m1/s1. The number of morpholine rings is 1. The number of hydrogen-bond donors (Lipinski definition) is 0. The van der Waals surface area contributed by atoms with Crippen LogP contribution in [0.2, 0.25) is 0 Å². The molecule has 2 aromatic heterocycles. The van der Waals surface area contributed by atoms with Crippen molar-refractivity contribution in [3.05, 3.63) is 65.2 Å². The highest BCUT2D eigenvalue weighted by Crippen LogP contribution is 2.29. The molecule has 0 N–H and O–H groups in total. The van der Waals surface area contributed by atoms with Gasteiger partial charge in [0, 0.05) is 30.4 Å². The molecule has 1 atom stereocenters. The number of fused-ring (bicyclic) bond motifs is 1. The minimum atomic E-state index is -0.240. The van der Waals surface area contributed by atoms with E-state index in [9.17, 15) is 4.79 Å². The van der Waals surface area contributed by atoms with Crippen LogP contribution in [0.3, 0.4) is 0 Å². The van der Waals surface area contributed by atoms with E-state index in [-0.39, 0.29) is 12.0 Å². The summed E-state index contributed by atoms with van der Waals surface area (Å²) in [5.41, 5.74) is 5.93. The average molecular weight is 447 g/mol. The van der Waals surface area contributed by atoms with Crippen LogP contribution in [0, 0.1) is 0 Å². The van der Waals surface area contributed by atoms with Gasteiger partial charge in [-0.3, -0.25) is 14.5 Å². The third-order valence-electron chi connectivity index (χ3n) is 6.60. The van der Waals surface area contributed by atoms with Crippen molar-refractivity contribution < 1.29 is 14.3 Å². The number of rotatable bonds is 5. The Morgan fingerprint density at radius 3 is 2.85 bits per heavy atom. The topological polar surface area (TPSA) is 69.5 Å². The molecule has 1 saturated heterocycles. The van der Waals surface area contributed by atoms with E-state index in [2.05, 4.69) is 4.98 Å². The van der Waals surface area contributed by atoms with Crippen molar-refractivity contribution in [3.8, 4) is 16.9 Å². The second-order valence-corrected chi connectivity index (χ2v) is 8.61. The molecule has 3 aromatic rings. The number of amides is 1. The normalized spacial score (nSPS) is 18.1. The van der Waals surface area contributed by atoms with E-state index in [1.165, 1.54) is 0 Å². The lowest BCUT2D eigenvalue weighted by molar-refractivity contribution is -0.0251. The van der Waals surface area contributed by atoms with E-state index in [0.29, 0.717) is 26.2 Å². The minimum absolute atomic E-state index is 0.0637. The van der Waals surface area contributed by atoms with E-state index < -0.39 is 0 Å². The Bertz CT molecular complexity index is 1140. The van der Waals surface area contributed by atoms with Crippen molar-refractivity contribution in [1.82, 2.24) is 19.7 Å². The molecule has 172 valence electrons. The maximum atomic E-state index is 13.6. The van der Waals surface area contributed by atoms with Crippen LogP contribution in [-0.2, 0) is 24.1 Å². The molecule has 0 saturated carbocycles. The van der Waals surface area contributed by atoms with Crippen LogP contribution < -0.4 is 4.74 Å². The molecule has 33 heavy (non-hydrogen) atoms. The lowest BCUT2D eigenvalue weighted by Crippen LogP contribution is -2.43. The fraction of sp³-hybridized carbons (Fsp3) is 0.423. The van der Waals surface area contributed by atoms with Gasteiger partial charge in [0.1, 0.15) is 17.5 Å². The highest BCUT2D eigenvalue weighted by molar-refractivity contribution is 5.94. The third-order valence-corrected chi connectivity index (χ3v) is 6.60. The van der Waals surface area contributed by atoms with Crippen molar-refractivity contribution in [1.29, 1.82) is 0 Å². The Kier molecular flexibility index (Phi) is 6.13. The monoisotopic (exact) mass is 446 g/mol. The molecular formula is C26H30N4O3. The molecule has 1 amide bonds. The number of aromatic nitrogens is 3. The first kappa shape index (κ1) is 21.6. The van der Waals surface area contributed by atoms with Crippen molar-refractivity contribution >= 4 is 5.91 Å². The van der Waals surface area contributed by atoms with Gasteiger partial charge in [0.15, 0.2) is 0 Å². The van der Waals surface area contributed by atoms with Crippen LogP contribution in [0.25, 0.3) is 11.1 Å². The van der Waals surface area contributed by atoms with E-state index in [4.69, 9.17) is 14.6 Å². The number of ether oxygens (including phenoxy) is 2. The Morgan fingerprint density at radius 2 is 2.06 bits per heavy atom. The van der Waals surface area contributed by atoms with Crippen LogP contribution in [0.5, 0.6) is 5.75 Å². The number of hydrogen-bond acceptors (Lipinski definition) is 5. The van der Waals surface area contributed by atoms with Crippen LogP contribution >= 0.6 is 0 Å². The first-order valence-electron chi connectivity index (χ1n) is 11.8. The molecule has 7 heteroatoms. The largest absolute Gasteiger partial charge is 0.497 e. The molecule has 3 heterocycles. The lowest BCUT2D eigenvalue weighted by atomic mass is 9.95. The molecule has 2 aliphatic rings. The predicted molar refractivity (Wildman–Crippen MR) is 125 cm³/mol. The minimum Gasteiger partial charge on any atom is -0.497 e. The van der Waals surface area contributed by atoms with Crippen LogP contribution in [0.4, 0.5) is 0 Å². The van der Waals surface area contributed by atoms with E-state index in [1.807, 2.05) is 59.1 Å². The third kappa shape index (κ3) is 4.25. The predicted octanol–water partition coefficient (Wildman–Crippen LogP) is 4.07. The van der Waals surface area contributed by atoms with Gasteiger partial charge in [-0.1, -0.05) is 18.2 Å². The molecule has 0 radical (unpaired) electrons. The first-order valence-corrected chi connectivity index (χ1v) is 11.8. The van der Waals surface area contributed by atoms with Crippen LogP contribution in [0.1, 0.15) is 53.3 Å². The number of carbonyl (C=O) groups is 1. The van der Waals surface area contributed by atoms with Gasteiger partial charge in [-0.2, -0.15) is 5.10 Å². The number of benzene rings is 1. The lowest BCUT2D eigenvalue weighted by Gasteiger charge is -2.33. The molecule has 1 aliphatic heterocycles. The molecule has 5 rings (SSSR count). The highest BCUT2D eigenvalue weighted by Gasteiger charge is 2.32. The zero-order valence-electron chi connectivity index (χ0n) is 19.3. The summed E-state index contributed by atoms with van der Waals surface area (Å²) in [4.78, 5) is 20.1. The first-order chi connectivity index (χ1) is 16.2. The summed E-state index contributed by atoms with van der Waals surface area (Å²) in [5, 5.41) is 4.73. The van der Waals surface area contributed by atoms with Gasteiger partial charge in [0.05, 0.1) is 31.6 Å². The Morgan fingerprint density at radius 1 is 1.18 bits per heavy atom. The second-order valence-electron chi connectivity index (χ2n) is 8.61. The maximum Gasteiger partial charge on any atom is 0.272 e. The van der Waals surface area contributed by atoms with Crippen LogP contribution in [-0.4, -0.2) is 52.4 Å². The molecular weight excluding hydrogens is 416 g/mol. The summed E-state index contributed by atoms with van der Waals surface area (Å²) >= 11 is 0. The van der Waals surface area contributed by atoms with Crippen molar-refractivity contribution in [2.24, 2.45) is 0 Å². The summed E-state index contributed by atoms with van der Waals surface area (Å²) in [5.74, 6) is 0.878. The number of aryl methyl sites for hydroxylation is 2. The van der Waals surface area contributed by atoms with Gasteiger partial charge in [-0.15, -0.1) is 0 Å². The highest BCUT2D eigenvalue weighted by atomic mass is 16.5. The van der Waals surface area contributed by atoms with Crippen molar-refractivity contribution in [2.75, 3.05) is 26.8 Å². The number of carbonyl (C=O) groups excluding carboxylic acids is 1. The van der Waals surface area contributed by atoms with Gasteiger partial charge < -0.3 is 14.4 Å². The summed E-state index contributed by atoms with van der Waals surface area (Å²) in [6.07, 6.45) is 5.80. The Hall–Kier alpha value is -3.19. The number of pyridine rings is 1. The maximum absolute atomic E-state index is 13.6. The van der Waals surface area contributed by atoms with Gasteiger partial charge in [-0.05, 0) is 56.4 Å². The molecule has 7 nitrogen and oxygen atoms in total. The smallest absolute Gasteiger partial charge is 0.272 e. The quantitative estimate of drug-likeness (QED) is 0.591. The summed E-state index contributed by atoms with van der Waals surface area (Å²) in [7, 11) is 1.66. The van der Waals surface area contributed by atoms with Crippen molar-refractivity contribution in [2.45, 2.75) is 45.3 Å². The zero-order chi connectivity index (χ0) is 22.8. The average Bonchev–Trinajstić information content (AvgIpc) is 3.27. The molecule has 0 unspecified atom stereocenters. The SMILES string of the molecule is CCn1nc2c(c1C(=O)N1CCO[C@@H](c3ccc(-c4cccc(OC)c4)cn3)C1)CCCC2. The molecule has 0 bridgehead atoms.